The topological polar surface area (TPSA) is 90.0 Å². The summed E-state index contributed by atoms with van der Waals surface area (Å²) in [4.78, 5) is 0.112. The van der Waals surface area contributed by atoms with Gasteiger partial charge in [0.05, 0.1) is 6.20 Å². The van der Waals surface area contributed by atoms with E-state index in [4.69, 9.17) is 5.73 Å². The fraction of sp³-hybridized carbons (Fsp3) is 0.786. The Morgan fingerprint density at radius 1 is 1.24 bits per heavy atom. The number of nitrogens with zero attached hydrogens (tertiary/aromatic N) is 2. The molecule has 0 aromatic carbocycles. The van der Waals surface area contributed by atoms with Crippen LogP contribution in [-0.4, -0.2) is 23.7 Å². The number of rotatable bonds is 3. The van der Waals surface area contributed by atoms with E-state index in [0.29, 0.717) is 17.8 Å². The summed E-state index contributed by atoms with van der Waals surface area (Å²) in [6.45, 7) is 0. The monoisotopic (exact) mass is 310 g/mol. The predicted molar refractivity (Wildman–Crippen MR) is 78.8 cm³/mol. The third kappa shape index (κ3) is 2.09. The minimum absolute atomic E-state index is 0.112. The molecule has 1 aromatic heterocycles. The lowest BCUT2D eigenvalue weighted by molar-refractivity contribution is -0.00809. The molecule has 0 saturated heterocycles. The molecule has 116 valence electrons. The van der Waals surface area contributed by atoms with Gasteiger partial charge in [0.1, 0.15) is 10.7 Å². The molecule has 0 atom stereocenters. The number of anilines is 1. The highest BCUT2D eigenvalue weighted by Gasteiger charge is 2.52. The van der Waals surface area contributed by atoms with Crippen molar-refractivity contribution in [3.8, 4) is 0 Å². The van der Waals surface area contributed by atoms with Crippen molar-refractivity contribution in [1.29, 1.82) is 0 Å². The molecule has 6 nitrogen and oxygen atoms in total. The van der Waals surface area contributed by atoms with Gasteiger partial charge in [-0.2, -0.15) is 5.10 Å². The van der Waals surface area contributed by atoms with Crippen molar-refractivity contribution < 1.29 is 8.42 Å². The molecule has 4 bridgehead atoms. The first-order valence-corrected chi connectivity index (χ1v) is 9.17. The second-order valence-electron chi connectivity index (χ2n) is 7.32. The third-order valence-corrected chi connectivity index (χ3v) is 7.22. The maximum absolute atomic E-state index is 12.7. The van der Waals surface area contributed by atoms with Crippen LogP contribution in [0.25, 0.3) is 0 Å². The predicted octanol–water partition coefficient (Wildman–Crippen LogP) is 1.25. The van der Waals surface area contributed by atoms with Crippen LogP contribution in [0.15, 0.2) is 11.1 Å². The highest BCUT2D eigenvalue weighted by molar-refractivity contribution is 7.89. The normalized spacial score (nSPS) is 38.0. The quantitative estimate of drug-likeness (QED) is 0.879. The molecule has 0 aliphatic heterocycles. The highest BCUT2D eigenvalue weighted by Crippen LogP contribution is 2.56. The van der Waals surface area contributed by atoms with Crippen molar-refractivity contribution in [3.63, 3.8) is 0 Å². The lowest BCUT2D eigenvalue weighted by atomic mass is 9.53. The Balaban J connectivity index is 1.65. The first-order chi connectivity index (χ1) is 9.87. The number of nitrogens with two attached hydrogens (primary N) is 1. The number of hydrogen-bond donors (Lipinski definition) is 2. The Labute approximate surface area is 125 Å². The smallest absolute Gasteiger partial charge is 0.246 e. The van der Waals surface area contributed by atoms with Crippen molar-refractivity contribution in [2.45, 2.75) is 49.0 Å². The first kappa shape index (κ1) is 13.6. The van der Waals surface area contributed by atoms with Gasteiger partial charge in [-0.15, -0.1) is 0 Å². The number of nitrogen functional groups attached to an aromatic ring is 1. The van der Waals surface area contributed by atoms with E-state index in [2.05, 4.69) is 9.82 Å². The van der Waals surface area contributed by atoms with Crippen LogP contribution in [0.4, 0.5) is 5.82 Å². The second kappa shape index (κ2) is 4.23. The average molecular weight is 310 g/mol. The van der Waals surface area contributed by atoms with Gasteiger partial charge in [-0.3, -0.25) is 4.68 Å². The van der Waals surface area contributed by atoms with Crippen molar-refractivity contribution >= 4 is 15.8 Å². The second-order valence-corrected chi connectivity index (χ2v) is 8.97. The minimum Gasteiger partial charge on any atom is -0.383 e. The summed E-state index contributed by atoms with van der Waals surface area (Å²) in [5.74, 6) is 2.30. The van der Waals surface area contributed by atoms with Crippen LogP contribution in [0.3, 0.4) is 0 Å². The van der Waals surface area contributed by atoms with E-state index in [-0.39, 0.29) is 16.3 Å². The Morgan fingerprint density at radius 2 is 1.76 bits per heavy atom. The SMILES string of the molecule is Cn1ncc(S(=O)(=O)NC23CC4CC(CC(C4)C2)C3)c1N. The van der Waals surface area contributed by atoms with Gasteiger partial charge in [0, 0.05) is 12.6 Å². The molecule has 7 heteroatoms. The van der Waals surface area contributed by atoms with Crippen LogP contribution >= 0.6 is 0 Å². The summed E-state index contributed by atoms with van der Waals surface area (Å²) in [5, 5.41) is 3.95. The maximum Gasteiger partial charge on any atom is 0.246 e. The summed E-state index contributed by atoms with van der Waals surface area (Å²) < 4.78 is 29.8. The summed E-state index contributed by atoms with van der Waals surface area (Å²) >= 11 is 0. The maximum atomic E-state index is 12.7. The molecule has 21 heavy (non-hydrogen) atoms. The van der Waals surface area contributed by atoms with Gasteiger partial charge in [-0.05, 0) is 56.3 Å². The molecule has 0 spiro atoms. The Bertz CT molecular complexity index is 644. The molecular formula is C14H22N4O2S. The third-order valence-electron chi connectivity index (χ3n) is 5.63. The van der Waals surface area contributed by atoms with E-state index in [1.165, 1.54) is 30.1 Å². The van der Waals surface area contributed by atoms with E-state index in [0.717, 1.165) is 19.3 Å². The molecule has 0 unspecified atom stereocenters. The summed E-state index contributed by atoms with van der Waals surface area (Å²) in [5.41, 5.74) is 5.60. The van der Waals surface area contributed by atoms with Crippen LogP contribution < -0.4 is 10.5 Å². The van der Waals surface area contributed by atoms with Gasteiger partial charge in [0.15, 0.2) is 0 Å². The fourth-order valence-electron chi connectivity index (χ4n) is 5.21. The molecule has 3 N–H and O–H groups in total. The average Bonchev–Trinajstić information content (AvgIpc) is 2.67. The number of aryl methyl sites for hydroxylation is 1. The molecule has 4 aliphatic rings. The van der Waals surface area contributed by atoms with Crippen LogP contribution in [0.5, 0.6) is 0 Å². The molecule has 0 radical (unpaired) electrons. The van der Waals surface area contributed by atoms with Crippen molar-refractivity contribution in [3.05, 3.63) is 6.20 Å². The lowest BCUT2D eigenvalue weighted by Gasteiger charge is -2.56. The number of hydrogen-bond acceptors (Lipinski definition) is 4. The fourth-order valence-corrected chi connectivity index (χ4v) is 6.73. The minimum atomic E-state index is -3.59. The lowest BCUT2D eigenvalue weighted by Crippen LogP contribution is -2.59. The summed E-state index contributed by atoms with van der Waals surface area (Å²) in [6.07, 6.45) is 8.16. The van der Waals surface area contributed by atoms with Crippen LogP contribution in [0, 0.1) is 17.8 Å². The number of nitrogens with one attached hydrogen (secondary N) is 1. The zero-order valence-electron chi connectivity index (χ0n) is 12.2. The molecular weight excluding hydrogens is 288 g/mol. The Morgan fingerprint density at radius 3 is 2.19 bits per heavy atom. The molecule has 5 rings (SSSR count). The van der Waals surface area contributed by atoms with Gasteiger partial charge in [0.25, 0.3) is 0 Å². The number of aromatic nitrogens is 2. The number of sulfonamides is 1. The zero-order valence-corrected chi connectivity index (χ0v) is 13.1. The molecule has 1 aromatic rings. The van der Waals surface area contributed by atoms with Gasteiger partial charge >= 0.3 is 0 Å². The van der Waals surface area contributed by atoms with E-state index < -0.39 is 10.0 Å². The van der Waals surface area contributed by atoms with Crippen LogP contribution in [-0.2, 0) is 17.1 Å². The largest absolute Gasteiger partial charge is 0.383 e. The van der Waals surface area contributed by atoms with E-state index in [1.807, 2.05) is 0 Å². The summed E-state index contributed by atoms with van der Waals surface area (Å²) in [6, 6.07) is 0. The molecule has 4 fully saturated rings. The summed E-state index contributed by atoms with van der Waals surface area (Å²) in [7, 11) is -1.94. The van der Waals surface area contributed by atoms with Crippen molar-refractivity contribution in [1.82, 2.24) is 14.5 Å². The Kier molecular flexibility index (Phi) is 2.73. The van der Waals surface area contributed by atoms with Crippen molar-refractivity contribution in [2.24, 2.45) is 24.8 Å². The molecule has 4 aliphatic carbocycles. The van der Waals surface area contributed by atoms with E-state index >= 15 is 0 Å². The standard InChI is InChI=1S/C14H22N4O2S/c1-18-13(15)12(8-16-18)21(19,20)17-14-5-9-2-10(6-14)4-11(3-9)7-14/h8-11,17H,2-7,15H2,1H3. The van der Waals surface area contributed by atoms with Gasteiger partial charge in [-0.25, -0.2) is 13.1 Å². The van der Waals surface area contributed by atoms with Crippen molar-refractivity contribution in [2.75, 3.05) is 5.73 Å². The molecule has 0 amide bonds. The van der Waals surface area contributed by atoms with E-state index in [9.17, 15) is 8.42 Å². The zero-order chi connectivity index (χ0) is 14.8. The van der Waals surface area contributed by atoms with Gasteiger partial charge < -0.3 is 5.73 Å². The molecule has 1 heterocycles. The van der Waals surface area contributed by atoms with Crippen LogP contribution in [0.1, 0.15) is 38.5 Å². The Hall–Kier alpha value is -1.08. The van der Waals surface area contributed by atoms with Crippen LogP contribution in [0.2, 0.25) is 0 Å². The molecule has 4 saturated carbocycles. The van der Waals surface area contributed by atoms with E-state index in [1.54, 1.807) is 7.05 Å². The van der Waals surface area contributed by atoms with Gasteiger partial charge in [-0.1, -0.05) is 0 Å². The van der Waals surface area contributed by atoms with Gasteiger partial charge in [0.2, 0.25) is 10.0 Å². The first-order valence-electron chi connectivity index (χ1n) is 7.68. The highest BCUT2D eigenvalue weighted by atomic mass is 32.2.